The lowest BCUT2D eigenvalue weighted by molar-refractivity contribution is -0.385. The highest BCUT2D eigenvalue weighted by atomic mass is 35.5. The monoisotopic (exact) mass is 441 g/mol. The van der Waals surface area contributed by atoms with Gasteiger partial charge in [-0.15, -0.1) is 11.3 Å². The summed E-state index contributed by atoms with van der Waals surface area (Å²) in [5.41, 5.74) is 1.49. The maximum Gasteiger partial charge on any atom is 0.312 e. The summed E-state index contributed by atoms with van der Waals surface area (Å²) in [6.07, 6.45) is 2.90. The number of hydrogen-bond donors (Lipinski definition) is 0. The van der Waals surface area contributed by atoms with Crippen molar-refractivity contribution in [2.45, 2.75) is 26.2 Å². The number of ether oxygens (including phenoxy) is 1. The van der Waals surface area contributed by atoms with Crippen LogP contribution in [0.3, 0.4) is 0 Å². The van der Waals surface area contributed by atoms with E-state index in [-0.39, 0.29) is 22.6 Å². The van der Waals surface area contributed by atoms with Crippen molar-refractivity contribution in [2.75, 3.05) is 0 Å². The van der Waals surface area contributed by atoms with E-state index < -0.39 is 4.92 Å². The normalized spacial score (nSPS) is 11.6. The Kier molecular flexibility index (Phi) is 6.39. The van der Waals surface area contributed by atoms with Gasteiger partial charge < -0.3 is 4.74 Å². The van der Waals surface area contributed by atoms with Gasteiger partial charge in [0.25, 0.3) is 0 Å². The van der Waals surface area contributed by atoms with Crippen LogP contribution in [0.1, 0.15) is 41.6 Å². The molecular weight excluding hydrogens is 422 g/mol. The molecule has 3 aromatic rings. The average Bonchev–Trinajstić information content (AvgIpc) is 3.13. The van der Waals surface area contributed by atoms with E-state index in [1.807, 2.05) is 12.1 Å². The van der Waals surface area contributed by atoms with Gasteiger partial charge in [-0.05, 0) is 52.9 Å². The summed E-state index contributed by atoms with van der Waals surface area (Å²) in [5, 5.41) is 11.5. The zero-order valence-corrected chi connectivity index (χ0v) is 18.3. The van der Waals surface area contributed by atoms with E-state index in [2.05, 4.69) is 20.8 Å². The molecule has 0 bridgehead atoms. The number of nitrogens with zero attached hydrogens (tertiary/aromatic N) is 1. The van der Waals surface area contributed by atoms with Crippen molar-refractivity contribution in [3.05, 3.63) is 91.1 Å². The summed E-state index contributed by atoms with van der Waals surface area (Å²) in [7, 11) is 0. The van der Waals surface area contributed by atoms with Crippen LogP contribution in [0.15, 0.2) is 60.7 Å². The number of ketones is 1. The van der Waals surface area contributed by atoms with Crippen molar-refractivity contribution in [2.24, 2.45) is 0 Å². The third kappa shape index (κ3) is 5.34. The van der Waals surface area contributed by atoms with E-state index >= 15 is 0 Å². The molecule has 0 aliphatic rings. The molecule has 1 aromatic heterocycles. The van der Waals surface area contributed by atoms with E-state index in [4.69, 9.17) is 16.3 Å². The third-order valence-corrected chi connectivity index (χ3v) is 5.62. The van der Waals surface area contributed by atoms with Crippen molar-refractivity contribution in [1.82, 2.24) is 0 Å². The van der Waals surface area contributed by atoms with Gasteiger partial charge >= 0.3 is 5.69 Å². The van der Waals surface area contributed by atoms with Crippen LogP contribution in [-0.2, 0) is 5.41 Å². The van der Waals surface area contributed by atoms with Crippen LogP contribution in [0.2, 0.25) is 4.34 Å². The van der Waals surface area contributed by atoms with E-state index in [9.17, 15) is 14.9 Å². The predicted octanol–water partition coefficient (Wildman–Crippen LogP) is 7.30. The summed E-state index contributed by atoms with van der Waals surface area (Å²) in [5.74, 6) is 0.435. The number of halogens is 1. The molecule has 0 atom stereocenters. The second-order valence-corrected chi connectivity index (χ2v) is 9.38. The summed E-state index contributed by atoms with van der Waals surface area (Å²) >= 11 is 7.03. The quantitative estimate of drug-likeness (QED) is 0.174. The molecule has 0 saturated carbocycles. The van der Waals surface area contributed by atoms with E-state index in [0.717, 1.165) is 5.56 Å². The molecule has 3 rings (SSSR count). The molecule has 0 unspecified atom stereocenters. The van der Waals surface area contributed by atoms with Crippen LogP contribution in [0.5, 0.6) is 11.5 Å². The second kappa shape index (κ2) is 8.81. The molecule has 0 spiro atoms. The van der Waals surface area contributed by atoms with Crippen LogP contribution in [-0.4, -0.2) is 10.7 Å². The molecule has 0 saturated heterocycles. The molecule has 30 heavy (non-hydrogen) atoms. The van der Waals surface area contributed by atoms with Gasteiger partial charge in [-0.2, -0.15) is 0 Å². The van der Waals surface area contributed by atoms with Gasteiger partial charge in [-0.1, -0.05) is 56.6 Å². The van der Waals surface area contributed by atoms with Crippen molar-refractivity contribution < 1.29 is 14.5 Å². The lowest BCUT2D eigenvalue weighted by atomic mass is 9.87. The largest absolute Gasteiger partial charge is 0.450 e. The standard InChI is InChI=1S/C23H20ClNO4S/c1-23(2,3)16-6-8-17(9-7-16)29-20-11-5-15(14-18(20)25(27)28)4-10-19(26)21-12-13-22(24)30-21/h4-14H,1-3H3/b10-4+. The number of carbonyl (C=O) groups excluding carboxylic acids is 1. The first-order valence-corrected chi connectivity index (χ1v) is 10.4. The van der Waals surface area contributed by atoms with Gasteiger partial charge in [-0.25, -0.2) is 0 Å². The number of rotatable bonds is 6. The van der Waals surface area contributed by atoms with Crippen molar-refractivity contribution >= 4 is 40.5 Å². The fourth-order valence-corrected chi connectivity index (χ4v) is 3.68. The highest BCUT2D eigenvalue weighted by Gasteiger charge is 2.18. The van der Waals surface area contributed by atoms with Gasteiger partial charge in [0.1, 0.15) is 5.75 Å². The fourth-order valence-electron chi connectivity index (χ4n) is 2.72. The number of nitro groups is 1. The Balaban J connectivity index is 1.80. The van der Waals surface area contributed by atoms with Gasteiger partial charge in [0.2, 0.25) is 5.75 Å². The molecule has 2 aromatic carbocycles. The smallest absolute Gasteiger partial charge is 0.312 e. The van der Waals surface area contributed by atoms with Gasteiger partial charge in [0.05, 0.1) is 14.1 Å². The number of thiophene rings is 1. The van der Waals surface area contributed by atoms with E-state index in [1.165, 1.54) is 35.6 Å². The van der Waals surface area contributed by atoms with Crippen molar-refractivity contribution in [3.8, 4) is 11.5 Å². The molecule has 5 nitrogen and oxygen atoms in total. The molecule has 1 heterocycles. The third-order valence-electron chi connectivity index (χ3n) is 4.37. The Morgan fingerprint density at radius 3 is 2.37 bits per heavy atom. The molecule has 154 valence electrons. The Hall–Kier alpha value is -2.96. The zero-order valence-electron chi connectivity index (χ0n) is 16.7. The summed E-state index contributed by atoms with van der Waals surface area (Å²) in [6.45, 7) is 6.33. The van der Waals surface area contributed by atoms with Crippen LogP contribution in [0.25, 0.3) is 6.08 Å². The first-order chi connectivity index (χ1) is 14.1. The maximum absolute atomic E-state index is 12.2. The number of nitro benzene ring substituents is 1. The van der Waals surface area contributed by atoms with Crippen LogP contribution in [0.4, 0.5) is 5.69 Å². The minimum Gasteiger partial charge on any atom is -0.450 e. The SMILES string of the molecule is CC(C)(C)c1ccc(Oc2ccc(/C=C/C(=O)c3ccc(Cl)s3)cc2[N+](=O)[O-])cc1. The fraction of sp³-hybridized carbons (Fsp3) is 0.174. The van der Waals surface area contributed by atoms with Crippen molar-refractivity contribution in [1.29, 1.82) is 0 Å². The molecule has 0 fully saturated rings. The molecule has 0 aliphatic carbocycles. The molecule has 0 aliphatic heterocycles. The highest BCUT2D eigenvalue weighted by Crippen LogP contribution is 2.33. The number of carbonyl (C=O) groups is 1. The lowest BCUT2D eigenvalue weighted by Gasteiger charge is -2.19. The van der Waals surface area contributed by atoms with Crippen LogP contribution >= 0.6 is 22.9 Å². The van der Waals surface area contributed by atoms with Crippen LogP contribution < -0.4 is 4.74 Å². The Morgan fingerprint density at radius 2 is 1.80 bits per heavy atom. The first-order valence-electron chi connectivity index (χ1n) is 9.18. The van der Waals surface area contributed by atoms with Gasteiger partial charge in [0, 0.05) is 6.07 Å². The second-order valence-electron chi connectivity index (χ2n) is 7.66. The molecule has 0 amide bonds. The molecular formula is C23H20ClNO4S. The Morgan fingerprint density at radius 1 is 1.10 bits per heavy atom. The summed E-state index contributed by atoms with van der Waals surface area (Å²) < 4.78 is 6.27. The summed E-state index contributed by atoms with van der Waals surface area (Å²) in [6, 6.07) is 15.3. The van der Waals surface area contributed by atoms with E-state index in [1.54, 1.807) is 30.3 Å². The van der Waals surface area contributed by atoms with E-state index in [0.29, 0.717) is 20.5 Å². The Bertz CT molecular complexity index is 1110. The highest BCUT2D eigenvalue weighted by molar-refractivity contribution is 7.18. The number of allylic oxidation sites excluding steroid dienone is 1. The first kappa shape index (κ1) is 21.7. The average molecular weight is 442 g/mol. The van der Waals surface area contributed by atoms with Gasteiger partial charge in [-0.3, -0.25) is 14.9 Å². The molecule has 7 heteroatoms. The molecule has 0 radical (unpaired) electrons. The van der Waals surface area contributed by atoms with Gasteiger partial charge in [0.15, 0.2) is 5.78 Å². The Labute approximate surface area is 183 Å². The number of benzene rings is 2. The maximum atomic E-state index is 12.2. The van der Waals surface area contributed by atoms with Crippen LogP contribution in [0, 0.1) is 10.1 Å². The summed E-state index contributed by atoms with van der Waals surface area (Å²) in [4.78, 5) is 23.7. The zero-order chi connectivity index (χ0) is 21.9. The number of hydrogen-bond acceptors (Lipinski definition) is 5. The minimum absolute atomic E-state index is 0.00435. The topological polar surface area (TPSA) is 69.4 Å². The minimum atomic E-state index is -0.503. The molecule has 0 N–H and O–H groups in total. The lowest BCUT2D eigenvalue weighted by Crippen LogP contribution is -2.10. The van der Waals surface area contributed by atoms with Crippen molar-refractivity contribution in [3.63, 3.8) is 0 Å². The predicted molar refractivity (Wildman–Crippen MR) is 121 cm³/mol.